The molecule has 12 heavy (non-hydrogen) atoms. The standard InChI is InChI=1S/C9H14ClNO/c1-8-9(7-10)3-4-11(8)5-6-12-2/h3-4H,5-7H2,1-2H3. The second-order valence-corrected chi connectivity index (χ2v) is 3.01. The van der Waals surface area contributed by atoms with E-state index >= 15 is 0 Å². The van der Waals surface area contributed by atoms with Crippen LogP contribution in [0.5, 0.6) is 0 Å². The van der Waals surface area contributed by atoms with Gasteiger partial charge in [0.15, 0.2) is 0 Å². The summed E-state index contributed by atoms with van der Waals surface area (Å²) in [7, 11) is 1.71. The number of alkyl halides is 1. The zero-order valence-electron chi connectivity index (χ0n) is 7.51. The van der Waals surface area contributed by atoms with Gasteiger partial charge in [-0.05, 0) is 18.6 Å². The number of aromatic nitrogens is 1. The van der Waals surface area contributed by atoms with Crippen LogP contribution < -0.4 is 0 Å². The van der Waals surface area contributed by atoms with Gasteiger partial charge in [-0.2, -0.15) is 0 Å². The lowest BCUT2D eigenvalue weighted by Gasteiger charge is -2.05. The molecular formula is C9H14ClNO. The first-order valence-electron chi connectivity index (χ1n) is 3.99. The van der Waals surface area contributed by atoms with Crippen LogP contribution in [-0.2, 0) is 17.2 Å². The first-order chi connectivity index (χ1) is 5.79. The van der Waals surface area contributed by atoms with Gasteiger partial charge in [0, 0.05) is 31.4 Å². The molecule has 1 rings (SSSR count). The molecule has 0 atom stereocenters. The molecule has 0 saturated carbocycles. The Morgan fingerprint density at radius 2 is 2.33 bits per heavy atom. The average molecular weight is 188 g/mol. The topological polar surface area (TPSA) is 14.2 Å². The van der Waals surface area contributed by atoms with E-state index in [0.29, 0.717) is 5.88 Å². The fourth-order valence-electron chi connectivity index (χ4n) is 1.17. The highest BCUT2D eigenvalue weighted by molar-refractivity contribution is 6.17. The van der Waals surface area contributed by atoms with E-state index in [-0.39, 0.29) is 0 Å². The van der Waals surface area contributed by atoms with Gasteiger partial charge < -0.3 is 9.30 Å². The molecule has 0 bridgehead atoms. The number of nitrogens with zero attached hydrogens (tertiary/aromatic N) is 1. The van der Waals surface area contributed by atoms with Gasteiger partial charge in [-0.3, -0.25) is 0 Å². The van der Waals surface area contributed by atoms with E-state index in [4.69, 9.17) is 16.3 Å². The predicted molar refractivity (Wildman–Crippen MR) is 50.6 cm³/mol. The van der Waals surface area contributed by atoms with Crippen LogP contribution in [-0.4, -0.2) is 18.3 Å². The van der Waals surface area contributed by atoms with E-state index in [2.05, 4.69) is 17.6 Å². The van der Waals surface area contributed by atoms with E-state index in [1.165, 1.54) is 11.3 Å². The second-order valence-electron chi connectivity index (χ2n) is 2.75. The highest BCUT2D eigenvalue weighted by atomic mass is 35.5. The summed E-state index contributed by atoms with van der Waals surface area (Å²) in [5.74, 6) is 0.589. The Morgan fingerprint density at radius 3 is 2.83 bits per heavy atom. The number of hydrogen-bond donors (Lipinski definition) is 0. The highest BCUT2D eigenvalue weighted by Crippen LogP contribution is 2.11. The van der Waals surface area contributed by atoms with E-state index in [1.54, 1.807) is 7.11 Å². The van der Waals surface area contributed by atoms with Crippen molar-refractivity contribution in [1.82, 2.24) is 4.57 Å². The molecule has 0 amide bonds. The normalized spacial score (nSPS) is 10.6. The lowest BCUT2D eigenvalue weighted by molar-refractivity contribution is 0.187. The Hall–Kier alpha value is -0.470. The maximum atomic E-state index is 5.73. The summed E-state index contributed by atoms with van der Waals surface area (Å²) >= 11 is 5.73. The molecule has 0 N–H and O–H groups in total. The van der Waals surface area contributed by atoms with Crippen LogP contribution in [0.15, 0.2) is 12.3 Å². The van der Waals surface area contributed by atoms with Gasteiger partial charge in [0.05, 0.1) is 6.61 Å². The van der Waals surface area contributed by atoms with Gasteiger partial charge in [-0.25, -0.2) is 0 Å². The summed E-state index contributed by atoms with van der Waals surface area (Å²) in [6.45, 7) is 3.73. The second kappa shape index (κ2) is 4.53. The van der Waals surface area contributed by atoms with Crippen molar-refractivity contribution in [3.8, 4) is 0 Å². The van der Waals surface area contributed by atoms with Gasteiger partial charge >= 0.3 is 0 Å². The predicted octanol–water partition coefficient (Wildman–Crippen LogP) is 2.18. The molecule has 68 valence electrons. The van der Waals surface area contributed by atoms with Crippen molar-refractivity contribution in [2.75, 3.05) is 13.7 Å². The number of halogens is 1. The molecular weight excluding hydrogens is 174 g/mol. The maximum absolute atomic E-state index is 5.73. The SMILES string of the molecule is COCCn1ccc(CCl)c1C. The molecule has 0 radical (unpaired) electrons. The minimum absolute atomic E-state index is 0.589. The van der Waals surface area contributed by atoms with Crippen LogP contribution in [0.4, 0.5) is 0 Å². The molecule has 0 unspecified atom stereocenters. The summed E-state index contributed by atoms with van der Waals surface area (Å²) in [5, 5.41) is 0. The fourth-order valence-corrected chi connectivity index (χ4v) is 1.45. The Balaban J connectivity index is 2.66. The molecule has 1 aromatic heterocycles. The Kier molecular flexibility index (Phi) is 3.63. The lowest BCUT2D eigenvalue weighted by atomic mass is 10.3. The first kappa shape index (κ1) is 9.62. The van der Waals surface area contributed by atoms with Crippen molar-refractivity contribution in [2.45, 2.75) is 19.3 Å². The van der Waals surface area contributed by atoms with E-state index in [1.807, 2.05) is 6.20 Å². The summed E-state index contributed by atoms with van der Waals surface area (Å²) in [4.78, 5) is 0. The van der Waals surface area contributed by atoms with Crippen LogP contribution in [0, 0.1) is 6.92 Å². The fraction of sp³-hybridized carbons (Fsp3) is 0.556. The molecule has 1 heterocycles. The third-order valence-corrected chi connectivity index (χ3v) is 2.32. The van der Waals surface area contributed by atoms with Crippen LogP contribution >= 0.6 is 11.6 Å². The minimum Gasteiger partial charge on any atom is -0.383 e. The number of hydrogen-bond acceptors (Lipinski definition) is 1. The van der Waals surface area contributed by atoms with E-state index < -0.39 is 0 Å². The van der Waals surface area contributed by atoms with Gasteiger partial charge in [-0.15, -0.1) is 11.6 Å². The molecule has 0 aliphatic rings. The van der Waals surface area contributed by atoms with Crippen LogP contribution in [0.1, 0.15) is 11.3 Å². The molecule has 0 spiro atoms. The summed E-state index contributed by atoms with van der Waals surface area (Å²) in [6, 6.07) is 2.05. The summed E-state index contributed by atoms with van der Waals surface area (Å²) in [6.07, 6.45) is 2.05. The average Bonchev–Trinajstić information content (AvgIpc) is 2.43. The van der Waals surface area contributed by atoms with Crippen molar-refractivity contribution < 1.29 is 4.74 Å². The van der Waals surface area contributed by atoms with Gasteiger partial charge in [0.25, 0.3) is 0 Å². The van der Waals surface area contributed by atoms with Crippen molar-refractivity contribution >= 4 is 11.6 Å². The zero-order chi connectivity index (χ0) is 8.97. The van der Waals surface area contributed by atoms with Gasteiger partial charge in [0.2, 0.25) is 0 Å². The van der Waals surface area contributed by atoms with Crippen molar-refractivity contribution in [3.05, 3.63) is 23.5 Å². The molecule has 2 nitrogen and oxygen atoms in total. The number of methoxy groups -OCH3 is 1. The minimum atomic E-state index is 0.589. The van der Waals surface area contributed by atoms with Crippen LogP contribution in [0.2, 0.25) is 0 Å². The third kappa shape index (κ3) is 2.02. The molecule has 0 aliphatic heterocycles. The zero-order valence-corrected chi connectivity index (χ0v) is 8.27. The van der Waals surface area contributed by atoms with E-state index in [9.17, 15) is 0 Å². The molecule has 3 heteroatoms. The largest absolute Gasteiger partial charge is 0.383 e. The number of ether oxygens (including phenoxy) is 1. The van der Waals surface area contributed by atoms with Crippen molar-refractivity contribution in [1.29, 1.82) is 0 Å². The maximum Gasteiger partial charge on any atom is 0.0641 e. The molecule has 0 fully saturated rings. The van der Waals surface area contributed by atoms with Crippen LogP contribution in [0.25, 0.3) is 0 Å². The Bertz CT molecular complexity index is 245. The smallest absolute Gasteiger partial charge is 0.0641 e. The molecule has 0 saturated heterocycles. The third-order valence-electron chi connectivity index (χ3n) is 2.03. The summed E-state index contributed by atoms with van der Waals surface area (Å²) < 4.78 is 7.14. The molecule has 0 aliphatic carbocycles. The molecule has 0 aromatic carbocycles. The Labute approximate surface area is 78.1 Å². The van der Waals surface area contributed by atoms with Crippen molar-refractivity contribution in [3.63, 3.8) is 0 Å². The highest BCUT2D eigenvalue weighted by Gasteiger charge is 2.01. The first-order valence-corrected chi connectivity index (χ1v) is 4.52. The van der Waals surface area contributed by atoms with Crippen LogP contribution in [0.3, 0.4) is 0 Å². The summed E-state index contributed by atoms with van der Waals surface area (Å²) in [5.41, 5.74) is 2.44. The quantitative estimate of drug-likeness (QED) is 0.660. The monoisotopic (exact) mass is 187 g/mol. The van der Waals surface area contributed by atoms with E-state index in [0.717, 1.165) is 13.2 Å². The van der Waals surface area contributed by atoms with Gasteiger partial charge in [0.1, 0.15) is 0 Å². The Morgan fingerprint density at radius 1 is 1.58 bits per heavy atom. The molecule has 1 aromatic rings. The van der Waals surface area contributed by atoms with Crippen molar-refractivity contribution in [2.24, 2.45) is 0 Å². The lowest BCUT2D eigenvalue weighted by Crippen LogP contribution is -2.04. The number of rotatable bonds is 4. The van der Waals surface area contributed by atoms with Gasteiger partial charge in [-0.1, -0.05) is 0 Å².